The van der Waals surface area contributed by atoms with Crippen molar-refractivity contribution in [2.45, 2.75) is 0 Å². The number of fused-ring (bicyclic) bond motifs is 1. The number of anilines is 1. The average molecular weight is 385 g/mol. The Morgan fingerprint density at radius 2 is 1.66 bits per heavy atom. The summed E-state index contributed by atoms with van der Waals surface area (Å²) in [5.41, 5.74) is 1.62. The Morgan fingerprint density at radius 3 is 2.38 bits per heavy atom. The van der Waals surface area contributed by atoms with Crippen LogP contribution < -0.4 is 10.1 Å². The van der Waals surface area contributed by atoms with Crippen molar-refractivity contribution >= 4 is 28.2 Å². The van der Waals surface area contributed by atoms with E-state index in [2.05, 4.69) is 10.3 Å². The molecule has 0 aliphatic heterocycles. The van der Waals surface area contributed by atoms with Gasteiger partial charge in [-0.05, 0) is 48.5 Å². The number of hydrogen-bond donors (Lipinski definition) is 1. The number of rotatable bonds is 5. The van der Waals surface area contributed by atoms with Gasteiger partial charge in [0, 0.05) is 35.0 Å². The van der Waals surface area contributed by atoms with Crippen LogP contribution in [0.3, 0.4) is 0 Å². The molecule has 7 heteroatoms. The molecule has 0 unspecified atom stereocenters. The summed E-state index contributed by atoms with van der Waals surface area (Å²) in [5, 5.41) is 14.4. The minimum Gasteiger partial charge on any atom is -0.455 e. The van der Waals surface area contributed by atoms with E-state index in [4.69, 9.17) is 4.74 Å². The monoisotopic (exact) mass is 385 g/mol. The molecule has 3 aromatic carbocycles. The van der Waals surface area contributed by atoms with Crippen LogP contribution in [-0.4, -0.2) is 15.8 Å². The predicted molar refractivity (Wildman–Crippen MR) is 109 cm³/mol. The molecule has 0 fully saturated rings. The lowest BCUT2D eigenvalue weighted by Gasteiger charge is -2.10. The molecule has 1 heterocycles. The van der Waals surface area contributed by atoms with Crippen LogP contribution in [0.2, 0.25) is 0 Å². The summed E-state index contributed by atoms with van der Waals surface area (Å²) < 4.78 is 5.93. The molecule has 0 atom stereocenters. The van der Waals surface area contributed by atoms with Crippen LogP contribution in [0.5, 0.6) is 11.5 Å². The maximum atomic E-state index is 12.3. The predicted octanol–water partition coefficient (Wildman–Crippen LogP) is 5.19. The van der Waals surface area contributed by atoms with E-state index >= 15 is 0 Å². The largest absolute Gasteiger partial charge is 0.455 e. The molecule has 4 aromatic rings. The van der Waals surface area contributed by atoms with Crippen LogP contribution in [0.4, 0.5) is 11.4 Å². The standard InChI is InChI=1S/C22H15N3O4/c26-22(16-6-10-18(11-7-16)25(27)28)24-17-8-12-19(13-9-17)29-20-5-1-3-15-4-2-14-23-21(15)20/h1-14H,(H,24,26). The lowest BCUT2D eigenvalue weighted by atomic mass is 10.2. The molecule has 142 valence electrons. The molecule has 29 heavy (non-hydrogen) atoms. The van der Waals surface area contributed by atoms with Crippen molar-refractivity contribution in [2.24, 2.45) is 0 Å². The van der Waals surface area contributed by atoms with Gasteiger partial charge in [-0.3, -0.25) is 19.9 Å². The number of para-hydroxylation sites is 1. The second-order valence-electron chi connectivity index (χ2n) is 6.22. The quantitative estimate of drug-likeness (QED) is 0.377. The molecular weight excluding hydrogens is 370 g/mol. The van der Waals surface area contributed by atoms with E-state index in [-0.39, 0.29) is 11.6 Å². The molecule has 0 radical (unpaired) electrons. The maximum absolute atomic E-state index is 12.3. The second-order valence-corrected chi connectivity index (χ2v) is 6.22. The third-order valence-electron chi connectivity index (χ3n) is 4.28. The van der Waals surface area contributed by atoms with Crippen molar-refractivity contribution in [1.82, 2.24) is 4.98 Å². The number of amides is 1. The summed E-state index contributed by atoms with van der Waals surface area (Å²) >= 11 is 0. The van der Waals surface area contributed by atoms with Crippen LogP contribution >= 0.6 is 0 Å². The SMILES string of the molecule is O=C(Nc1ccc(Oc2cccc3cccnc23)cc1)c1ccc([N+](=O)[O-])cc1. The highest BCUT2D eigenvalue weighted by Gasteiger charge is 2.10. The Morgan fingerprint density at radius 1 is 0.931 bits per heavy atom. The maximum Gasteiger partial charge on any atom is 0.269 e. The van der Waals surface area contributed by atoms with Crippen molar-refractivity contribution in [1.29, 1.82) is 0 Å². The minimum atomic E-state index is -0.508. The first-order chi connectivity index (χ1) is 14.1. The summed E-state index contributed by atoms with van der Waals surface area (Å²) in [5.74, 6) is 0.897. The van der Waals surface area contributed by atoms with Gasteiger partial charge in [0.1, 0.15) is 11.3 Å². The molecule has 0 saturated heterocycles. The third kappa shape index (κ3) is 4.03. The van der Waals surface area contributed by atoms with E-state index in [0.29, 0.717) is 22.7 Å². The lowest BCUT2D eigenvalue weighted by molar-refractivity contribution is -0.384. The first kappa shape index (κ1) is 18.1. The topological polar surface area (TPSA) is 94.4 Å². The number of nitro groups is 1. The third-order valence-corrected chi connectivity index (χ3v) is 4.28. The summed E-state index contributed by atoms with van der Waals surface area (Å²) in [6.45, 7) is 0. The number of aromatic nitrogens is 1. The van der Waals surface area contributed by atoms with Crippen LogP contribution in [0.15, 0.2) is 85.1 Å². The van der Waals surface area contributed by atoms with Gasteiger partial charge in [-0.1, -0.05) is 18.2 Å². The summed E-state index contributed by atoms with van der Waals surface area (Å²) in [6.07, 6.45) is 1.71. The molecule has 4 rings (SSSR count). The Balaban J connectivity index is 1.46. The summed E-state index contributed by atoms with van der Waals surface area (Å²) in [6, 6.07) is 21.9. The van der Waals surface area contributed by atoms with Gasteiger partial charge in [0.2, 0.25) is 0 Å². The fraction of sp³-hybridized carbons (Fsp3) is 0. The number of nitro benzene ring substituents is 1. The first-order valence-electron chi connectivity index (χ1n) is 8.78. The lowest BCUT2D eigenvalue weighted by Crippen LogP contribution is -2.11. The smallest absolute Gasteiger partial charge is 0.269 e. The van der Waals surface area contributed by atoms with Crippen LogP contribution in [0.1, 0.15) is 10.4 Å². The molecule has 7 nitrogen and oxygen atoms in total. The van der Waals surface area contributed by atoms with E-state index in [9.17, 15) is 14.9 Å². The first-order valence-corrected chi connectivity index (χ1v) is 8.78. The number of hydrogen-bond acceptors (Lipinski definition) is 5. The minimum absolute atomic E-state index is 0.0639. The molecule has 0 bridgehead atoms. The fourth-order valence-electron chi connectivity index (χ4n) is 2.83. The molecule has 0 saturated carbocycles. The van der Waals surface area contributed by atoms with Gasteiger partial charge in [-0.2, -0.15) is 0 Å². The van der Waals surface area contributed by atoms with Crippen molar-refractivity contribution in [3.63, 3.8) is 0 Å². The Bertz CT molecular complexity index is 1180. The zero-order valence-corrected chi connectivity index (χ0v) is 15.1. The number of nitrogens with one attached hydrogen (secondary N) is 1. The molecule has 1 amide bonds. The number of ether oxygens (including phenoxy) is 1. The number of non-ortho nitro benzene ring substituents is 1. The summed E-state index contributed by atoms with van der Waals surface area (Å²) in [7, 11) is 0. The zero-order valence-electron chi connectivity index (χ0n) is 15.1. The van der Waals surface area contributed by atoms with Gasteiger partial charge in [0.25, 0.3) is 11.6 Å². The van der Waals surface area contributed by atoms with Gasteiger partial charge in [-0.25, -0.2) is 0 Å². The van der Waals surface area contributed by atoms with E-state index in [0.717, 1.165) is 10.9 Å². The van der Waals surface area contributed by atoms with E-state index in [1.807, 2.05) is 30.3 Å². The van der Waals surface area contributed by atoms with Gasteiger partial charge < -0.3 is 10.1 Å². The number of carbonyl (C=O) groups is 1. The Kier molecular flexibility index (Phi) is 4.86. The van der Waals surface area contributed by atoms with Gasteiger partial charge in [-0.15, -0.1) is 0 Å². The molecular formula is C22H15N3O4. The second kappa shape index (κ2) is 7.77. The molecule has 1 aromatic heterocycles. The van der Waals surface area contributed by atoms with Gasteiger partial charge in [0.15, 0.2) is 5.75 Å². The number of benzene rings is 3. The number of carbonyl (C=O) groups excluding carboxylic acids is 1. The van der Waals surface area contributed by atoms with E-state index < -0.39 is 4.92 Å². The highest BCUT2D eigenvalue weighted by molar-refractivity contribution is 6.04. The van der Waals surface area contributed by atoms with Crippen molar-refractivity contribution in [3.05, 3.63) is 101 Å². The number of nitrogens with zero attached hydrogens (tertiary/aromatic N) is 2. The Hall–Kier alpha value is -4.26. The highest BCUT2D eigenvalue weighted by Crippen LogP contribution is 2.29. The van der Waals surface area contributed by atoms with Crippen LogP contribution in [-0.2, 0) is 0 Å². The van der Waals surface area contributed by atoms with E-state index in [1.165, 1.54) is 24.3 Å². The molecule has 1 N–H and O–H groups in total. The van der Waals surface area contributed by atoms with Gasteiger partial charge in [0.05, 0.1) is 4.92 Å². The van der Waals surface area contributed by atoms with Crippen molar-refractivity contribution < 1.29 is 14.5 Å². The normalized spacial score (nSPS) is 10.5. The number of pyridine rings is 1. The molecule has 0 spiro atoms. The van der Waals surface area contributed by atoms with Crippen LogP contribution in [0, 0.1) is 10.1 Å². The van der Waals surface area contributed by atoms with Crippen molar-refractivity contribution in [2.75, 3.05) is 5.32 Å². The van der Waals surface area contributed by atoms with E-state index in [1.54, 1.807) is 30.5 Å². The van der Waals surface area contributed by atoms with Crippen LogP contribution in [0.25, 0.3) is 10.9 Å². The highest BCUT2D eigenvalue weighted by atomic mass is 16.6. The molecule has 0 aliphatic carbocycles. The van der Waals surface area contributed by atoms with Gasteiger partial charge >= 0.3 is 0 Å². The Labute approximate surface area is 165 Å². The zero-order chi connectivity index (χ0) is 20.2. The van der Waals surface area contributed by atoms with Crippen molar-refractivity contribution in [3.8, 4) is 11.5 Å². The average Bonchev–Trinajstić information content (AvgIpc) is 2.75. The summed E-state index contributed by atoms with van der Waals surface area (Å²) in [4.78, 5) is 26.8. The molecule has 0 aliphatic rings. The fourth-order valence-corrected chi connectivity index (χ4v) is 2.83.